The molecule has 0 spiro atoms. The number of alkyl halides is 3. The molecule has 4 rings (SSSR count). The van der Waals surface area contributed by atoms with E-state index in [4.69, 9.17) is 4.74 Å². The van der Waals surface area contributed by atoms with Crippen molar-refractivity contribution in [2.75, 3.05) is 18.6 Å². The second-order valence-corrected chi connectivity index (χ2v) is 7.06. The number of hydrogen-bond donors (Lipinski definition) is 0. The fourth-order valence-electron chi connectivity index (χ4n) is 3.76. The number of anilines is 2. The van der Waals surface area contributed by atoms with E-state index in [2.05, 4.69) is 4.98 Å². The van der Waals surface area contributed by atoms with Crippen LogP contribution in [-0.4, -0.2) is 24.6 Å². The van der Waals surface area contributed by atoms with Gasteiger partial charge in [-0.1, -0.05) is 30.3 Å². The molecule has 2 heterocycles. The number of ether oxygens (including phenoxy) is 1. The van der Waals surface area contributed by atoms with Gasteiger partial charge in [0.15, 0.2) is 0 Å². The van der Waals surface area contributed by atoms with Gasteiger partial charge in [-0.05, 0) is 47.9 Å². The highest BCUT2D eigenvalue weighted by molar-refractivity contribution is 5.94. The fraction of sp³-hybridized carbons (Fsp3) is 0.217. The number of carbonyl (C=O) groups is 1. The highest BCUT2D eigenvalue weighted by atomic mass is 19.4. The van der Waals surface area contributed by atoms with Crippen LogP contribution in [0.1, 0.15) is 32.7 Å². The Morgan fingerprint density at radius 1 is 1.10 bits per heavy atom. The van der Waals surface area contributed by atoms with E-state index in [1.165, 1.54) is 13.2 Å². The summed E-state index contributed by atoms with van der Waals surface area (Å²) < 4.78 is 43.8. The van der Waals surface area contributed by atoms with E-state index in [-0.39, 0.29) is 5.97 Å². The maximum Gasteiger partial charge on any atom is 0.416 e. The Morgan fingerprint density at radius 3 is 2.63 bits per heavy atom. The minimum Gasteiger partial charge on any atom is -0.465 e. The van der Waals surface area contributed by atoms with Crippen LogP contribution in [0.15, 0.2) is 60.7 Å². The lowest BCUT2D eigenvalue weighted by atomic mass is 10.1. The first-order valence-corrected chi connectivity index (χ1v) is 9.46. The van der Waals surface area contributed by atoms with E-state index in [0.717, 1.165) is 23.4 Å². The number of aromatic nitrogens is 1. The van der Waals surface area contributed by atoms with Gasteiger partial charge in [-0.2, -0.15) is 13.2 Å². The molecule has 154 valence electrons. The van der Waals surface area contributed by atoms with Crippen molar-refractivity contribution in [1.29, 1.82) is 0 Å². The molecule has 2 aromatic carbocycles. The van der Waals surface area contributed by atoms with E-state index in [9.17, 15) is 18.0 Å². The van der Waals surface area contributed by atoms with Crippen molar-refractivity contribution >= 4 is 17.5 Å². The number of benzene rings is 2. The quantitative estimate of drug-likeness (QED) is 0.555. The number of pyridine rings is 1. The predicted octanol–water partition coefficient (Wildman–Crippen LogP) is 5.17. The molecule has 0 bridgehead atoms. The van der Waals surface area contributed by atoms with Crippen LogP contribution >= 0.6 is 0 Å². The predicted molar refractivity (Wildman–Crippen MR) is 107 cm³/mol. The molecule has 1 aliphatic rings. The molecular weight excluding hydrogens is 393 g/mol. The molecule has 0 radical (unpaired) electrons. The van der Waals surface area contributed by atoms with Gasteiger partial charge in [0, 0.05) is 24.3 Å². The van der Waals surface area contributed by atoms with Crippen molar-refractivity contribution in [1.82, 2.24) is 4.98 Å². The number of rotatable bonds is 4. The minimum atomic E-state index is -4.37. The Hall–Kier alpha value is -3.35. The van der Waals surface area contributed by atoms with E-state index in [1.54, 1.807) is 24.3 Å². The van der Waals surface area contributed by atoms with Crippen molar-refractivity contribution in [3.05, 3.63) is 88.6 Å². The number of esters is 1. The molecule has 7 heteroatoms. The summed E-state index contributed by atoms with van der Waals surface area (Å²) in [6.07, 6.45) is -3.40. The monoisotopic (exact) mass is 412 g/mol. The van der Waals surface area contributed by atoms with Crippen molar-refractivity contribution < 1.29 is 22.7 Å². The number of halogens is 3. The summed E-state index contributed by atoms with van der Waals surface area (Å²) in [4.78, 5) is 18.7. The Kier molecular flexibility index (Phi) is 5.20. The third-order valence-electron chi connectivity index (χ3n) is 5.14. The summed E-state index contributed by atoms with van der Waals surface area (Å²) in [5, 5.41) is 0. The zero-order valence-electron chi connectivity index (χ0n) is 16.2. The average molecular weight is 412 g/mol. The lowest BCUT2D eigenvalue weighted by Gasteiger charge is -2.19. The van der Waals surface area contributed by atoms with E-state index in [1.807, 2.05) is 23.1 Å². The number of hydrogen-bond acceptors (Lipinski definition) is 4. The second kappa shape index (κ2) is 7.82. The van der Waals surface area contributed by atoms with Gasteiger partial charge in [0.05, 0.1) is 18.2 Å². The second-order valence-electron chi connectivity index (χ2n) is 7.06. The molecule has 0 aliphatic carbocycles. The van der Waals surface area contributed by atoms with Gasteiger partial charge in [-0.15, -0.1) is 0 Å². The smallest absolute Gasteiger partial charge is 0.416 e. The maximum absolute atomic E-state index is 13.0. The Labute approximate surface area is 171 Å². The van der Waals surface area contributed by atoms with Gasteiger partial charge in [0.1, 0.15) is 5.82 Å². The first kappa shape index (κ1) is 19.9. The molecule has 30 heavy (non-hydrogen) atoms. The molecule has 0 saturated carbocycles. The topological polar surface area (TPSA) is 42.4 Å². The summed E-state index contributed by atoms with van der Waals surface area (Å²) in [7, 11) is 1.35. The largest absolute Gasteiger partial charge is 0.465 e. The Bertz CT molecular complexity index is 1100. The number of carbonyl (C=O) groups excluding carboxylic acids is 1. The van der Waals surface area contributed by atoms with Gasteiger partial charge in [-0.3, -0.25) is 0 Å². The van der Waals surface area contributed by atoms with Crippen LogP contribution in [0.4, 0.5) is 24.7 Å². The van der Waals surface area contributed by atoms with E-state index in [0.29, 0.717) is 42.0 Å². The van der Waals surface area contributed by atoms with Crippen LogP contribution < -0.4 is 4.90 Å². The summed E-state index contributed by atoms with van der Waals surface area (Å²) in [6.45, 7) is 0.656. The van der Waals surface area contributed by atoms with E-state index >= 15 is 0 Å². The standard InChI is InChI=1S/C23H19F3N2O2/c1-30-22(29)19-8-4-9-20-18(19)11-12-28(20)21-10-3-7-17(27-21)14-15-5-2-6-16(13-15)23(24,25)26/h2-10,13H,11-12,14H2,1H3. The van der Waals surface area contributed by atoms with Crippen molar-refractivity contribution in [3.8, 4) is 0 Å². The minimum absolute atomic E-state index is 0.292. The first-order chi connectivity index (χ1) is 14.4. The number of fused-ring (bicyclic) bond motifs is 1. The Balaban J connectivity index is 1.61. The summed E-state index contributed by atoms with van der Waals surface area (Å²) in [6, 6.07) is 16.3. The van der Waals surface area contributed by atoms with Gasteiger partial charge >= 0.3 is 12.1 Å². The molecule has 3 aromatic rings. The first-order valence-electron chi connectivity index (χ1n) is 9.46. The van der Waals surface area contributed by atoms with Crippen LogP contribution in [0, 0.1) is 0 Å². The molecule has 0 atom stereocenters. The van der Waals surface area contributed by atoms with Gasteiger partial charge in [-0.25, -0.2) is 9.78 Å². The van der Waals surface area contributed by atoms with Crippen LogP contribution in [0.2, 0.25) is 0 Å². The molecule has 0 fully saturated rings. The molecule has 1 aromatic heterocycles. The van der Waals surface area contributed by atoms with E-state index < -0.39 is 11.7 Å². The lowest BCUT2D eigenvalue weighted by molar-refractivity contribution is -0.137. The van der Waals surface area contributed by atoms with Crippen molar-refractivity contribution in [2.24, 2.45) is 0 Å². The molecule has 1 aliphatic heterocycles. The van der Waals surface area contributed by atoms with Crippen LogP contribution in [0.5, 0.6) is 0 Å². The zero-order chi connectivity index (χ0) is 21.3. The molecule has 0 unspecified atom stereocenters. The normalized spacial score (nSPS) is 13.3. The number of methoxy groups -OCH3 is 1. The maximum atomic E-state index is 13.0. The number of nitrogens with zero attached hydrogens (tertiary/aromatic N) is 2. The van der Waals surface area contributed by atoms with Crippen LogP contribution in [-0.2, 0) is 23.8 Å². The van der Waals surface area contributed by atoms with Gasteiger partial charge in [0.2, 0.25) is 0 Å². The summed E-state index contributed by atoms with van der Waals surface area (Å²) in [5.41, 5.74) is 2.89. The molecule has 0 N–H and O–H groups in total. The van der Waals surface area contributed by atoms with Crippen LogP contribution in [0.3, 0.4) is 0 Å². The third kappa shape index (κ3) is 3.87. The highest BCUT2D eigenvalue weighted by Gasteiger charge is 2.30. The molecule has 0 amide bonds. The lowest BCUT2D eigenvalue weighted by Crippen LogP contribution is -2.15. The average Bonchev–Trinajstić information content (AvgIpc) is 3.17. The Morgan fingerprint density at radius 2 is 1.87 bits per heavy atom. The van der Waals surface area contributed by atoms with Crippen molar-refractivity contribution in [2.45, 2.75) is 19.0 Å². The van der Waals surface area contributed by atoms with Gasteiger partial charge in [0.25, 0.3) is 0 Å². The fourth-order valence-corrected chi connectivity index (χ4v) is 3.76. The zero-order valence-corrected chi connectivity index (χ0v) is 16.2. The third-order valence-corrected chi connectivity index (χ3v) is 5.14. The SMILES string of the molecule is COC(=O)c1cccc2c1CCN2c1cccc(Cc2cccc(C(F)(F)F)c2)n1. The van der Waals surface area contributed by atoms with Crippen LogP contribution in [0.25, 0.3) is 0 Å². The molecule has 4 nitrogen and oxygen atoms in total. The molecular formula is C23H19F3N2O2. The van der Waals surface area contributed by atoms with Gasteiger partial charge < -0.3 is 9.64 Å². The highest BCUT2D eigenvalue weighted by Crippen LogP contribution is 2.36. The molecule has 0 saturated heterocycles. The van der Waals surface area contributed by atoms with Crippen molar-refractivity contribution in [3.63, 3.8) is 0 Å². The summed E-state index contributed by atoms with van der Waals surface area (Å²) in [5.74, 6) is 0.320. The summed E-state index contributed by atoms with van der Waals surface area (Å²) >= 11 is 0.